The number of halogens is 1. The first kappa shape index (κ1) is 24.0. The van der Waals surface area contributed by atoms with Gasteiger partial charge in [0, 0.05) is 20.1 Å². The Kier molecular flexibility index (Phi) is 13.6. The van der Waals surface area contributed by atoms with Crippen molar-refractivity contribution in [3.05, 3.63) is 29.3 Å². The van der Waals surface area contributed by atoms with E-state index in [1.54, 1.807) is 7.11 Å². The van der Waals surface area contributed by atoms with E-state index in [-0.39, 0.29) is 24.0 Å². The summed E-state index contributed by atoms with van der Waals surface area (Å²) in [5.41, 5.74) is 2.43. The van der Waals surface area contributed by atoms with E-state index in [1.165, 1.54) is 11.1 Å². The second kappa shape index (κ2) is 14.2. The van der Waals surface area contributed by atoms with Gasteiger partial charge in [0.25, 0.3) is 0 Å². The van der Waals surface area contributed by atoms with Crippen LogP contribution in [0.3, 0.4) is 0 Å². The fourth-order valence-corrected chi connectivity index (χ4v) is 2.62. The van der Waals surface area contributed by atoms with Crippen molar-refractivity contribution in [2.45, 2.75) is 33.6 Å². The third kappa shape index (κ3) is 9.30. The number of methoxy groups -OCH3 is 1. The van der Waals surface area contributed by atoms with Gasteiger partial charge in [-0.25, -0.2) is 0 Å². The average molecular weight is 462 g/mol. The fraction of sp³-hybridized carbons (Fsp3) is 0.632. The van der Waals surface area contributed by atoms with E-state index in [1.807, 2.05) is 7.05 Å². The van der Waals surface area contributed by atoms with Crippen LogP contribution in [0.1, 0.15) is 31.4 Å². The molecule has 0 unspecified atom stereocenters. The summed E-state index contributed by atoms with van der Waals surface area (Å²) < 4.78 is 5.38. The van der Waals surface area contributed by atoms with Crippen molar-refractivity contribution in [2.24, 2.45) is 4.99 Å². The molecule has 0 saturated heterocycles. The Balaban J connectivity index is 0.00000576. The summed E-state index contributed by atoms with van der Waals surface area (Å²) in [6, 6.07) is 6.37. The molecule has 0 aliphatic heterocycles. The number of benzene rings is 1. The summed E-state index contributed by atoms with van der Waals surface area (Å²) in [5.74, 6) is 1.82. The number of aliphatic imine (C=N–C) groups is 1. The minimum Gasteiger partial charge on any atom is -0.496 e. The molecule has 0 amide bonds. The van der Waals surface area contributed by atoms with E-state index in [0.717, 1.165) is 57.3 Å². The van der Waals surface area contributed by atoms with Crippen molar-refractivity contribution in [3.63, 3.8) is 0 Å². The fourth-order valence-electron chi connectivity index (χ4n) is 2.62. The van der Waals surface area contributed by atoms with Gasteiger partial charge in [0.15, 0.2) is 5.96 Å². The van der Waals surface area contributed by atoms with Crippen molar-refractivity contribution >= 4 is 29.9 Å². The first-order valence-electron chi connectivity index (χ1n) is 8.94. The van der Waals surface area contributed by atoms with Crippen LogP contribution in [-0.4, -0.2) is 57.7 Å². The van der Waals surface area contributed by atoms with Crippen molar-refractivity contribution in [3.8, 4) is 5.75 Å². The highest BCUT2D eigenvalue weighted by atomic mass is 127. The zero-order valence-electron chi connectivity index (χ0n) is 16.4. The lowest BCUT2D eigenvalue weighted by Gasteiger charge is -2.18. The maximum atomic E-state index is 5.38. The number of guanidine groups is 1. The number of nitrogens with one attached hydrogen (secondary N) is 2. The van der Waals surface area contributed by atoms with Crippen LogP contribution in [0.2, 0.25) is 0 Å². The second-order valence-corrected chi connectivity index (χ2v) is 5.86. The number of hydrogen-bond donors (Lipinski definition) is 2. The van der Waals surface area contributed by atoms with Gasteiger partial charge >= 0.3 is 0 Å². The van der Waals surface area contributed by atoms with E-state index in [0.29, 0.717) is 0 Å². The highest BCUT2D eigenvalue weighted by molar-refractivity contribution is 14.0. The molecular weight excluding hydrogens is 427 g/mol. The first-order chi connectivity index (χ1) is 11.6. The molecule has 0 atom stereocenters. The van der Waals surface area contributed by atoms with E-state index in [4.69, 9.17) is 4.74 Å². The minimum absolute atomic E-state index is 0. The summed E-state index contributed by atoms with van der Waals surface area (Å²) >= 11 is 0. The lowest BCUT2D eigenvalue weighted by atomic mass is 10.1. The Bertz CT molecular complexity index is 504. The van der Waals surface area contributed by atoms with Crippen molar-refractivity contribution in [2.75, 3.05) is 46.9 Å². The number of aryl methyl sites for hydroxylation is 1. The van der Waals surface area contributed by atoms with Crippen LogP contribution in [-0.2, 0) is 6.42 Å². The predicted molar refractivity (Wildman–Crippen MR) is 119 cm³/mol. The SMILES string of the molecule is CCN(CC)CCCNC(=NC)NCCc1ccc(C)c(OC)c1.I. The molecule has 0 fully saturated rings. The van der Waals surface area contributed by atoms with Crippen LogP contribution in [0.4, 0.5) is 0 Å². The number of nitrogens with zero attached hydrogens (tertiary/aromatic N) is 2. The largest absolute Gasteiger partial charge is 0.496 e. The minimum atomic E-state index is 0. The predicted octanol–water partition coefficient (Wildman–Crippen LogP) is 3.06. The van der Waals surface area contributed by atoms with Gasteiger partial charge in [0.1, 0.15) is 5.75 Å². The van der Waals surface area contributed by atoms with Gasteiger partial charge in [-0.3, -0.25) is 4.99 Å². The molecule has 0 saturated carbocycles. The Hall–Kier alpha value is -1.02. The molecule has 5 nitrogen and oxygen atoms in total. The van der Waals surface area contributed by atoms with Gasteiger partial charge in [-0.15, -0.1) is 24.0 Å². The molecule has 0 aliphatic carbocycles. The third-order valence-electron chi connectivity index (χ3n) is 4.24. The molecule has 6 heteroatoms. The topological polar surface area (TPSA) is 48.9 Å². The number of hydrogen-bond acceptors (Lipinski definition) is 3. The maximum absolute atomic E-state index is 5.38. The van der Waals surface area contributed by atoms with Gasteiger partial charge in [-0.1, -0.05) is 26.0 Å². The molecule has 0 aliphatic rings. The van der Waals surface area contributed by atoms with Crippen LogP contribution in [0.15, 0.2) is 23.2 Å². The molecule has 144 valence electrons. The zero-order valence-corrected chi connectivity index (χ0v) is 18.7. The lowest BCUT2D eigenvalue weighted by molar-refractivity contribution is 0.300. The molecule has 1 aromatic carbocycles. The second-order valence-electron chi connectivity index (χ2n) is 5.86. The first-order valence-corrected chi connectivity index (χ1v) is 8.94. The Morgan fingerprint density at radius 1 is 1.16 bits per heavy atom. The molecule has 0 spiro atoms. The number of rotatable bonds is 10. The molecule has 0 heterocycles. The van der Waals surface area contributed by atoms with Crippen LogP contribution < -0.4 is 15.4 Å². The van der Waals surface area contributed by atoms with Gasteiger partial charge in [-0.2, -0.15) is 0 Å². The summed E-state index contributed by atoms with van der Waals surface area (Å²) in [4.78, 5) is 6.71. The highest BCUT2D eigenvalue weighted by Crippen LogP contribution is 2.18. The zero-order chi connectivity index (χ0) is 17.8. The van der Waals surface area contributed by atoms with Crippen molar-refractivity contribution < 1.29 is 4.74 Å². The average Bonchev–Trinajstić information content (AvgIpc) is 2.61. The summed E-state index contributed by atoms with van der Waals surface area (Å²) in [7, 11) is 3.53. The van der Waals surface area contributed by atoms with Crippen LogP contribution >= 0.6 is 24.0 Å². The molecule has 0 aromatic heterocycles. The van der Waals surface area contributed by atoms with Crippen molar-refractivity contribution in [1.82, 2.24) is 15.5 Å². The Morgan fingerprint density at radius 2 is 1.84 bits per heavy atom. The van der Waals surface area contributed by atoms with E-state index < -0.39 is 0 Å². The monoisotopic (exact) mass is 462 g/mol. The molecule has 1 rings (SSSR count). The van der Waals surface area contributed by atoms with Gasteiger partial charge in [-0.05, 0) is 56.6 Å². The van der Waals surface area contributed by atoms with Gasteiger partial charge in [0.05, 0.1) is 7.11 Å². The summed E-state index contributed by atoms with van der Waals surface area (Å²) in [5, 5.41) is 6.75. The smallest absolute Gasteiger partial charge is 0.190 e. The van der Waals surface area contributed by atoms with E-state index in [2.05, 4.69) is 59.5 Å². The Morgan fingerprint density at radius 3 is 2.44 bits per heavy atom. The summed E-state index contributed by atoms with van der Waals surface area (Å²) in [6.07, 6.45) is 2.06. The van der Waals surface area contributed by atoms with Crippen LogP contribution in [0, 0.1) is 6.92 Å². The normalized spacial score (nSPS) is 11.2. The van der Waals surface area contributed by atoms with E-state index >= 15 is 0 Å². The highest BCUT2D eigenvalue weighted by Gasteiger charge is 2.02. The Labute approximate surface area is 170 Å². The van der Waals surface area contributed by atoms with Crippen LogP contribution in [0.25, 0.3) is 0 Å². The van der Waals surface area contributed by atoms with Gasteiger partial charge in [0.2, 0.25) is 0 Å². The van der Waals surface area contributed by atoms with Crippen molar-refractivity contribution in [1.29, 1.82) is 0 Å². The maximum Gasteiger partial charge on any atom is 0.190 e. The number of ether oxygens (including phenoxy) is 1. The molecule has 0 radical (unpaired) electrons. The lowest BCUT2D eigenvalue weighted by Crippen LogP contribution is -2.39. The standard InChI is InChI=1S/C19H34N4O.HI/c1-6-23(7-2)14-8-12-21-19(20-4)22-13-11-17-10-9-16(3)18(15-17)24-5;/h9-10,15H,6-8,11-14H2,1-5H3,(H2,20,21,22);1H. The third-order valence-corrected chi connectivity index (χ3v) is 4.24. The van der Waals surface area contributed by atoms with Crippen LogP contribution in [0.5, 0.6) is 5.75 Å². The van der Waals surface area contributed by atoms with E-state index in [9.17, 15) is 0 Å². The molecule has 25 heavy (non-hydrogen) atoms. The quantitative estimate of drug-likeness (QED) is 0.243. The molecular formula is C19H35IN4O. The molecule has 2 N–H and O–H groups in total. The molecule has 0 bridgehead atoms. The summed E-state index contributed by atoms with van der Waals surface area (Å²) in [6.45, 7) is 11.6. The van der Waals surface area contributed by atoms with Gasteiger partial charge < -0.3 is 20.3 Å². The molecule has 1 aromatic rings.